The Morgan fingerprint density at radius 2 is 1.83 bits per heavy atom. The molecule has 2 aliphatic heterocycles. The quantitative estimate of drug-likeness (QED) is 0.924. The number of nitrogens with one attached hydrogen (secondary N) is 1. The molecule has 6 nitrogen and oxygen atoms in total. The van der Waals surface area contributed by atoms with Gasteiger partial charge in [0.1, 0.15) is 6.10 Å². The molecule has 0 aromatic heterocycles. The number of carbonyl (C=O) groups excluding carboxylic acids is 2. The van der Waals surface area contributed by atoms with E-state index < -0.39 is 0 Å². The monoisotopic (exact) mass is 317 g/mol. The molecule has 2 amide bonds. The number of piperidine rings is 1. The number of nitrogens with zero attached hydrogens (tertiary/aromatic N) is 2. The molecule has 23 heavy (non-hydrogen) atoms. The summed E-state index contributed by atoms with van der Waals surface area (Å²) in [5.41, 5.74) is 2.04. The van der Waals surface area contributed by atoms with Gasteiger partial charge in [-0.2, -0.15) is 0 Å². The minimum Gasteiger partial charge on any atom is -0.442 e. The van der Waals surface area contributed by atoms with Gasteiger partial charge in [-0.15, -0.1) is 0 Å². The average molecular weight is 317 g/mol. The van der Waals surface area contributed by atoms with Crippen LogP contribution in [0.3, 0.4) is 0 Å². The van der Waals surface area contributed by atoms with Gasteiger partial charge < -0.3 is 15.0 Å². The fourth-order valence-electron chi connectivity index (χ4n) is 3.09. The fraction of sp³-hybridized carbons (Fsp3) is 0.529. The number of anilines is 2. The average Bonchev–Trinajstić information content (AvgIpc) is 2.95. The number of hydrogen-bond donors (Lipinski definition) is 1. The zero-order valence-corrected chi connectivity index (χ0v) is 13.5. The van der Waals surface area contributed by atoms with Crippen molar-refractivity contribution in [2.24, 2.45) is 0 Å². The Morgan fingerprint density at radius 3 is 2.48 bits per heavy atom. The predicted octanol–water partition coefficient (Wildman–Crippen LogP) is 2.14. The summed E-state index contributed by atoms with van der Waals surface area (Å²) in [6, 6.07) is 8.06. The van der Waals surface area contributed by atoms with E-state index >= 15 is 0 Å². The Kier molecular flexibility index (Phi) is 4.69. The molecule has 1 unspecified atom stereocenters. The normalized spacial score (nSPS) is 21.3. The van der Waals surface area contributed by atoms with Gasteiger partial charge in [0, 0.05) is 31.4 Å². The number of carbonyl (C=O) groups is 2. The lowest BCUT2D eigenvalue weighted by Crippen LogP contribution is -2.33. The molecule has 1 aromatic carbocycles. The molecule has 0 bridgehead atoms. The van der Waals surface area contributed by atoms with Gasteiger partial charge in [0.25, 0.3) is 0 Å². The summed E-state index contributed by atoms with van der Waals surface area (Å²) in [5, 5.41) is 2.68. The lowest BCUT2D eigenvalue weighted by Gasteiger charge is -2.29. The van der Waals surface area contributed by atoms with Gasteiger partial charge in [0.05, 0.1) is 13.1 Å². The minimum absolute atomic E-state index is 0.120. The molecule has 0 saturated carbocycles. The van der Waals surface area contributed by atoms with Crippen molar-refractivity contribution < 1.29 is 14.3 Å². The summed E-state index contributed by atoms with van der Waals surface area (Å²) < 4.78 is 5.29. The maximum Gasteiger partial charge on any atom is 0.414 e. The topological polar surface area (TPSA) is 61.9 Å². The number of benzene rings is 1. The highest BCUT2D eigenvalue weighted by Gasteiger charge is 2.32. The van der Waals surface area contributed by atoms with E-state index in [0.717, 1.165) is 18.8 Å². The van der Waals surface area contributed by atoms with Gasteiger partial charge in [0.15, 0.2) is 0 Å². The van der Waals surface area contributed by atoms with Gasteiger partial charge in [-0.25, -0.2) is 4.79 Å². The van der Waals surface area contributed by atoms with Crippen LogP contribution in [0.4, 0.5) is 16.2 Å². The Balaban J connectivity index is 1.62. The van der Waals surface area contributed by atoms with Crippen LogP contribution in [-0.2, 0) is 9.53 Å². The van der Waals surface area contributed by atoms with E-state index in [1.54, 1.807) is 4.90 Å². The second-order valence-electron chi connectivity index (χ2n) is 6.12. The van der Waals surface area contributed by atoms with Crippen molar-refractivity contribution in [3.8, 4) is 0 Å². The molecule has 0 spiro atoms. The van der Waals surface area contributed by atoms with E-state index in [0.29, 0.717) is 13.1 Å². The van der Waals surface area contributed by atoms with Crippen molar-refractivity contribution in [3.63, 3.8) is 0 Å². The first-order chi connectivity index (χ1) is 11.1. The third kappa shape index (κ3) is 3.75. The Hall–Kier alpha value is -2.24. The third-order valence-electron chi connectivity index (χ3n) is 4.34. The second-order valence-corrected chi connectivity index (χ2v) is 6.12. The Labute approximate surface area is 136 Å². The first-order valence-electron chi connectivity index (χ1n) is 8.21. The van der Waals surface area contributed by atoms with E-state index in [1.807, 2.05) is 12.1 Å². The summed E-state index contributed by atoms with van der Waals surface area (Å²) in [6.45, 7) is 4.47. The highest BCUT2D eigenvalue weighted by molar-refractivity contribution is 5.90. The fourth-order valence-corrected chi connectivity index (χ4v) is 3.09. The predicted molar refractivity (Wildman–Crippen MR) is 88.8 cm³/mol. The van der Waals surface area contributed by atoms with Crippen LogP contribution in [0.5, 0.6) is 0 Å². The molecule has 1 atom stereocenters. The molecule has 3 rings (SSSR count). The molecule has 2 heterocycles. The van der Waals surface area contributed by atoms with E-state index in [2.05, 4.69) is 22.3 Å². The van der Waals surface area contributed by atoms with Crippen molar-refractivity contribution in [3.05, 3.63) is 24.3 Å². The maximum absolute atomic E-state index is 12.0. The van der Waals surface area contributed by atoms with Crippen molar-refractivity contribution in [1.82, 2.24) is 5.32 Å². The first-order valence-corrected chi connectivity index (χ1v) is 8.21. The van der Waals surface area contributed by atoms with Crippen LogP contribution < -0.4 is 15.1 Å². The lowest BCUT2D eigenvalue weighted by atomic mass is 10.1. The Bertz CT molecular complexity index is 567. The highest BCUT2D eigenvalue weighted by atomic mass is 16.6. The summed E-state index contributed by atoms with van der Waals surface area (Å²) in [7, 11) is 0. The first kappa shape index (κ1) is 15.6. The number of ether oxygens (including phenoxy) is 1. The summed E-state index contributed by atoms with van der Waals surface area (Å²) >= 11 is 0. The number of cyclic esters (lactones) is 1. The van der Waals surface area contributed by atoms with Crippen LogP contribution in [-0.4, -0.2) is 44.3 Å². The van der Waals surface area contributed by atoms with Gasteiger partial charge in [-0.05, 0) is 43.5 Å². The molecule has 2 saturated heterocycles. The van der Waals surface area contributed by atoms with Crippen LogP contribution in [0.25, 0.3) is 0 Å². The third-order valence-corrected chi connectivity index (χ3v) is 4.34. The van der Waals surface area contributed by atoms with Gasteiger partial charge >= 0.3 is 6.09 Å². The van der Waals surface area contributed by atoms with E-state index in [1.165, 1.54) is 31.9 Å². The van der Waals surface area contributed by atoms with Gasteiger partial charge in [0.2, 0.25) is 5.91 Å². The van der Waals surface area contributed by atoms with Crippen LogP contribution in [0, 0.1) is 0 Å². The standard InChI is InChI=1S/C17H23N3O3/c1-13(21)18-11-16-12-20(17(22)23-16)15-7-5-14(6-8-15)19-9-3-2-4-10-19/h5-8,16H,2-4,9-12H2,1H3,(H,18,21). The largest absolute Gasteiger partial charge is 0.442 e. The van der Waals surface area contributed by atoms with E-state index in [-0.39, 0.29) is 18.1 Å². The summed E-state index contributed by atoms with van der Waals surface area (Å²) in [4.78, 5) is 27.0. The minimum atomic E-state index is -0.355. The number of rotatable bonds is 4. The molecule has 1 N–H and O–H groups in total. The van der Waals surface area contributed by atoms with Crippen molar-refractivity contribution in [1.29, 1.82) is 0 Å². The number of amides is 2. The van der Waals surface area contributed by atoms with Crippen LogP contribution in [0.15, 0.2) is 24.3 Å². The van der Waals surface area contributed by atoms with Crippen LogP contribution in [0.1, 0.15) is 26.2 Å². The molecule has 124 valence electrons. The van der Waals surface area contributed by atoms with Crippen LogP contribution >= 0.6 is 0 Å². The molecular weight excluding hydrogens is 294 g/mol. The molecule has 0 aliphatic carbocycles. The maximum atomic E-state index is 12.0. The van der Waals surface area contributed by atoms with Crippen molar-refractivity contribution in [2.45, 2.75) is 32.3 Å². The lowest BCUT2D eigenvalue weighted by molar-refractivity contribution is -0.119. The molecular formula is C17H23N3O3. The van der Waals surface area contributed by atoms with Crippen molar-refractivity contribution in [2.75, 3.05) is 36.0 Å². The zero-order valence-electron chi connectivity index (χ0n) is 13.5. The number of hydrogen-bond acceptors (Lipinski definition) is 4. The van der Waals surface area contributed by atoms with Crippen LogP contribution in [0.2, 0.25) is 0 Å². The zero-order chi connectivity index (χ0) is 16.2. The SMILES string of the molecule is CC(=O)NCC1CN(c2ccc(N3CCCCC3)cc2)C(=O)O1. The van der Waals surface area contributed by atoms with E-state index in [9.17, 15) is 9.59 Å². The summed E-state index contributed by atoms with van der Waals surface area (Å²) in [5.74, 6) is -0.120. The second kappa shape index (κ2) is 6.89. The van der Waals surface area contributed by atoms with Gasteiger partial charge in [-0.3, -0.25) is 9.69 Å². The van der Waals surface area contributed by atoms with E-state index in [4.69, 9.17) is 4.74 Å². The highest BCUT2D eigenvalue weighted by Crippen LogP contribution is 2.26. The molecule has 6 heteroatoms. The molecule has 2 fully saturated rings. The Morgan fingerprint density at radius 1 is 1.17 bits per heavy atom. The molecule has 0 radical (unpaired) electrons. The molecule has 1 aromatic rings. The molecule has 2 aliphatic rings. The van der Waals surface area contributed by atoms with Crippen molar-refractivity contribution >= 4 is 23.4 Å². The summed E-state index contributed by atoms with van der Waals surface area (Å²) in [6.07, 6.45) is 3.14. The van der Waals surface area contributed by atoms with Gasteiger partial charge in [-0.1, -0.05) is 0 Å². The smallest absolute Gasteiger partial charge is 0.414 e.